The van der Waals surface area contributed by atoms with Crippen molar-refractivity contribution >= 4 is 23.4 Å². The van der Waals surface area contributed by atoms with Crippen molar-refractivity contribution in [3.8, 4) is 0 Å². The van der Waals surface area contributed by atoms with Crippen LogP contribution in [0.5, 0.6) is 0 Å². The van der Waals surface area contributed by atoms with Crippen LogP contribution in [0.15, 0.2) is 10.2 Å². The Labute approximate surface area is 114 Å². The van der Waals surface area contributed by atoms with E-state index in [1.165, 1.54) is 11.8 Å². The van der Waals surface area contributed by atoms with E-state index in [-0.39, 0.29) is 5.92 Å². The maximum atomic E-state index is 6.12. The molecule has 2 heterocycles. The third-order valence-electron chi connectivity index (χ3n) is 2.34. The van der Waals surface area contributed by atoms with E-state index in [1.807, 2.05) is 20.8 Å². The number of nitrogens with zero attached hydrogens (tertiary/aromatic N) is 6. The number of halogens is 1. The molecule has 0 fully saturated rings. The van der Waals surface area contributed by atoms with Crippen LogP contribution < -0.4 is 0 Å². The van der Waals surface area contributed by atoms with E-state index < -0.39 is 0 Å². The molecule has 0 spiro atoms. The topological polar surface area (TPSA) is 69.4 Å². The van der Waals surface area contributed by atoms with Crippen LogP contribution >= 0.6 is 23.4 Å². The van der Waals surface area contributed by atoms with Gasteiger partial charge in [-0.25, -0.2) is 14.6 Å². The molecule has 0 unspecified atom stereocenters. The summed E-state index contributed by atoms with van der Waals surface area (Å²) in [4.78, 5) is 8.77. The zero-order chi connectivity index (χ0) is 13.3. The van der Waals surface area contributed by atoms with Crippen LogP contribution in [0.1, 0.15) is 31.2 Å². The second kappa shape index (κ2) is 5.19. The molecule has 18 heavy (non-hydrogen) atoms. The van der Waals surface area contributed by atoms with Crippen molar-refractivity contribution in [1.29, 1.82) is 0 Å². The third kappa shape index (κ3) is 2.62. The van der Waals surface area contributed by atoms with Crippen LogP contribution in [0.2, 0.25) is 5.15 Å². The highest BCUT2D eigenvalue weighted by Crippen LogP contribution is 2.30. The van der Waals surface area contributed by atoms with Crippen molar-refractivity contribution in [2.24, 2.45) is 7.05 Å². The van der Waals surface area contributed by atoms with E-state index in [9.17, 15) is 0 Å². The summed E-state index contributed by atoms with van der Waals surface area (Å²) in [7, 11) is 1.78. The van der Waals surface area contributed by atoms with Crippen molar-refractivity contribution in [2.75, 3.05) is 0 Å². The second-order valence-electron chi connectivity index (χ2n) is 4.14. The molecule has 2 rings (SSSR count). The van der Waals surface area contributed by atoms with Gasteiger partial charge in [0.25, 0.3) is 0 Å². The number of rotatable bonds is 3. The van der Waals surface area contributed by atoms with Crippen LogP contribution in [-0.4, -0.2) is 30.2 Å². The van der Waals surface area contributed by atoms with Crippen LogP contribution in [0, 0.1) is 6.92 Å². The van der Waals surface area contributed by atoms with Crippen LogP contribution in [0.3, 0.4) is 0 Å². The molecule has 8 heteroatoms. The molecule has 0 amide bonds. The van der Waals surface area contributed by atoms with Gasteiger partial charge in [-0.3, -0.25) is 0 Å². The zero-order valence-corrected chi connectivity index (χ0v) is 12.1. The van der Waals surface area contributed by atoms with Crippen LogP contribution in [0.25, 0.3) is 0 Å². The molecule has 6 nitrogen and oxygen atoms in total. The van der Waals surface area contributed by atoms with Crippen molar-refractivity contribution in [2.45, 2.75) is 36.9 Å². The van der Waals surface area contributed by atoms with Gasteiger partial charge in [-0.1, -0.05) is 25.4 Å². The quantitative estimate of drug-likeness (QED) is 0.805. The predicted octanol–water partition coefficient (Wildman–Crippen LogP) is 2.24. The fourth-order valence-electron chi connectivity index (χ4n) is 1.24. The lowest BCUT2D eigenvalue weighted by molar-refractivity contribution is 0.663. The molecule has 0 saturated carbocycles. The summed E-state index contributed by atoms with van der Waals surface area (Å²) in [5, 5.41) is 13.2. The Kier molecular flexibility index (Phi) is 3.82. The first kappa shape index (κ1) is 13.2. The molecule has 0 aliphatic rings. The van der Waals surface area contributed by atoms with Gasteiger partial charge in [-0.05, 0) is 29.1 Å². The summed E-state index contributed by atoms with van der Waals surface area (Å²) < 4.78 is 1.59. The predicted molar refractivity (Wildman–Crippen MR) is 68.8 cm³/mol. The lowest BCUT2D eigenvalue weighted by Crippen LogP contribution is -2.02. The molecule has 0 aromatic carbocycles. The molecule has 0 atom stereocenters. The molecule has 0 saturated heterocycles. The van der Waals surface area contributed by atoms with Crippen LogP contribution in [-0.2, 0) is 7.05 Å². The Morgan fingerprint density at radius 1 is 1.28 bits per heavy atom. The van der Waals surface area contributed by atoms with Gasteiger partial charge in [-0.15, -0.1) is 5.10 Å². The van der Waals surface area contributed by atoms with Crippen molar-refractivity contribution in [3.05, 3.63) is 16.5 Å². The minimum Gasteiger partial charge on any atom is -0.225 e. The number of aromatic nitrogens is 6. The Balaban J connectivity index is 2.41. The monoisotopic (exact) mass is 284 g/mol. The highest BCUT2D eigenvalue weighted by atomic mass is 35.5. The average molecular weight is 285 g/mol. The van der Waals surface area contributed by atoms with Crippen LogP contribution in [0.4, 0.5) is 0 Å². The first-order chi connectivity index (χ1) is 8.49. The Bertz CT molecular complexity index is 567. The molecule has 0 N–H and O–H groups in total. The van der Waals surface area contributed by atoms with E-state index in [0.717, 1.165) is 16.4 Å². The maximum absolute atomic E-state index is 6.12. The van der Waals surface area contributed by atoms with E-state index in [0.29, 0.717) is 10.3 Å². The lowest BCUT2D eigenvalue weighted by Gasteiger charge is -2.09. The number of tetrazole rings is 1. The minimum atomic E-state index is 0.222. The Hall–Kier alpha value is -1.21. The van der Waals surface area contributed by atoms with Gasteiger partial charge in [-0.2, -0.15) is 0 Å². The fourth-order valence-corrected chi connectivity index (χ4v) is 2.28. The van der Waals surface area contributed by atoms with Crippen molar-refractivity contribution in [1.82, 2.24) is 30.2 Å². The van der Waals surface area contributed by atoms with Crippen molar-refractivity contribution < 1.29 is 0 Å². The first-order valence-electron chi connectivity index (χ1n) is 5.43. The third-order valence-corrected chi connectivity index (χ3v) is 3.83. The first-order valence-corrected chi connectivity index (χ1v) is 6.62. The van der Waals surface area contributed by atoms with Gasteiger partial charge in [0.2, 0.25) is 5.16 Å². The summed E-state index contributed by atoms with van der Waals surface area (Å²) in [6, 6.07) is 0. The maximum Gasteiger partial charge on any atom is 0.215 e. The van der Waals surface area contributed by atoms with E-state index >= 15 is 0 Å². The molecule has 96 valence electrons. The lowest BCUT2D eigenvalue weighted by atomic mass is 10.2. The highest BCUT2D eigenvalue weighted by Gasteiger charge is 2.15. The molecule has 2 aromatic rings. The van der Waals surface area contributed by atoms with E-state index in [1.54, 1.807) is 11.7 Å². The van der Waals surface area contributed by atoms with Gasteiger partial charge in [0.1, 0.15) is 16.0 Å². The summed E-state index contributed by atoms with van der Waals surface area (Å²) in [6.07, 6.45) is 0. The highest BCUT2D eigenvalue weighted by molar-refractivity contribution is 7.99. The zero-order valence-electron chi connectivity index (χ0n) is 10.5. The Morgan fingerprint density at radius 2 is 2.00 bits per heavy atom. The fraction of sp³-hybridized carbons (Fsp3) is 0.500. The van der Waals surface area contributed by atoms with E-state index in [2.05, 4.69) is 25.5 Å². The molecular formula is C10H13ClN6S. The second-order valence-corrected chi connectivity index (χ2v) is 5.46. The number of aryl methyl sites for hydroxylation is 1. The largest absolute Gasteiger partial charge is 0.225 e. The molecule has 0 aliphatic carbocycles. The molecule has 2 aromatic heterocycles. The standard InChI is InChI=1S/C10H13ClN6S/c1-5(2)8-12-7(11)6(3)9(13-8)18-10-14-15-16-17(10)4/h5H,1-4H3. The smallest absolute Gasteiger partial charge is 0.215 e. The molecule has 0 radical (unpaired) electrons. The molecule has 0 bridgehead atoms. The van der Waals surface area contributed by atoms with E-state index in [4.69, 9.17) is 11.6 Å². The summed E-state index contributed by atoms with van der Waals surface area (Å²) >= 11 is 7.50. The number of hydrogen-bond acceptors (Lipinski definition) is 6. The molecular weight excluding hydrogens is 272 g/mol. The SMILES string of the molecule is Cc1c(Cl)nc(C(C)C)nc1Sc1nnnn1C. The Morgan fingerprint density at radius 3 is 2.56 bits per heavy atom. The van der Waals surface area contributed by atoms with Gasteiger partial charge < -0.3 is 0 Å². The minimum absolute atomic E-state index is 0.222. The number of hydrogen-bond donors (Lipinski definition) is 0. The summed E-state index contributed by atoms with van der Waals surface area (Å²) in [6.45, 7) is 5.94. The summed E-state index contributed by atoms with van der Waals surface area (Å²) in [5.41, 5.74) is 0.842. The normalized spacial score (nSPS) is 11.2. The van der Waals surface area contributed by atoms with Crippen molar-refractivity contribution in [3.63, 3.8) is 0 Å². The van der Waals surface area contributed by atoms with Gasteiger partial charge in [0.15, 0.2) is 0 Å². The van der Waals surface area contributed by atoms with Gasteiger partial charge >= 0.3 is 0 Å². The van der Waals surface area contributed by atoms with Gasteiger partial charge in [0.05, 0.1) is 0 Å². The average Bonchev–Trinajstić information content (AvgIpc) is 2.70. The summed E-state index contributed by atoms with van der Waals surface area (Å²) in [5.74, 6) is 0.947. The molecule has 0 aliphatic heterocycles. The van der Waals surface area contributed by atoms with Gasteiger partial charge in [0, 0.05) is 18.5 Å².